The highest BCUT2D eigenvalue weighted by Crippen LogP contribution is 2.64. The molecule has 0 unspecified atom stereocenters. The van der Waals surface area contributed by atoms with Crippen LogP contribution in [0.25, 0.3) is 0 Å². The van der Waals surface area contributed by atoms with E-state index >= 15 is 0 Å². The van der Waals surface area contributed by atoms with E-state index in [9.17, 15) is 37.5 Å². The molecule has 0 radical (unpaired) electrons. The summed E-state index contributed by atoms with van der Waals surface area (Å²) in [5.74, 6) is -7.02. The van der Waals surface area contributed by atoms with E-state index in [0.29, 0.717) is 22.9 Å². The number of anilines is 2. The highest BCUT2D eigenvalue weighted by atomic mass is 79.9. The summed E-state index contributed by atoms with van der Waals surface area (Å²) in [6.45, 7) is 1.73. The lowest BCUT2D eigenvalue weighted by atomic mass is 9.51. The predicted octanol–water partition coefficient (Wildman–Crippen LogP) is 6.51. The van der Waals surface area contributed by atoms with Crippen LogP contribution in [0.15, 0.2) is 70.7 Å². The molecule has 1 aromatic heterocycles. The lowest BCUT2D eigenvalue weighted by Crippen LogP contribution is -2.49. The first-order valence-electron chi connectivity index (χ1n) is 15.7. The fourth-order valence-corrected chi connectivity index (χ4v) is 9.01. The number of carbonyl (C=O) groups is 4. The molecule has 7 rings (SSSR count). The van der Waals surface area contributed by atoms with Crippen LogP contribution in [-0.2, 0) is 25.4 Å². The molecule has 6 atom stereocenters. The molecule has 15 heteroatoms. The summed E-state index contributed by atoms with van der Waals surface area (Å²) in [5.41, 5.74) is -0.999. The summed E-state index contributed by atoms with van der Waals surface area (Å²) in [7, 11) is 2.62. The van der Waals surface area contributed by atoms with Crippen molar-refractivity contribution in [3.63, 3.8) is 0 Å². The number of aromatic hydroxyl groups is 1. The number of benzene rings is 2. The quantitative estimate of drug-likeness (QED) is 0.230. The number of ether oxygens (including phenoxy) is 1. The van der Waals surface area contributed by atoms with Crippen LogP contribution in [0.2, 0.25) is 5.02 Å². The number of halogens is 5. The first-order valence-corrected chi connectivity index (χ1v) is 16.8. The molecule has 0 bridgehead atoms. The number of pyridine rings is 1. The molecule has 3 aromatic rings. The third-order valence-corrected chi connectivity index (χ3v) is 11.5. The minimum absolute atomic E-state index is 0.0590. The van der Waals surface area contributed by atoms with Crippen molar-refractivity contribution in [2.75, 3.05) is 24.1 Å². The SMILES string of the molecule is COc1cc([C@H]2C3=CC[C@@H]4C(=O)N(N(C)c5nc(C(F)(F)F)ccc5Cl)C(=O)[C@@H]4[C@@H]3C[C@H]3C(=O)N(c4ccccc4)C(=O)[C@@]23C)cc(Br)c1O. The van der Waals surface area contributed by atoms with Crippen molar-refractivity contribution >= 4 is 62.7 Å². The Morgan fingerprint density at radius 3 is 2.40 bits per heavy atom. The summed E-state index contributed by atoms with van der Waals surface area (Å²) < 4.78 is 46.4. The standard InChI is InChI=1S/C35H29BrClF3N4O6/c1-34-21(31(47)43(33(34)49)17-7-5-4-6-8-17)15-20-18(27(34)16-13-22(36)28(45)24(14-16)50-3)9-10-19-26(20)32(48)44(30(19)46)42(2)29-23(37)11-12-25(41-29)35(38,39)40/h4-9,11-14,19-21,26-27,45H,10,15H2,1-3H3/t19-,20+,21-,26-,27-,34+/m0/s1. The van der Waals surface area contributed by atoms with Gasteiger partial charge in [0.15, 0.2) is 17.3 Å². The third-order valence-electron chi connectivity index (χ3n) is 10.6. The molecule has 4 amide bonds. The molecule has 3 fully saturated rings. The van der Waals surface area contributed by atoms with E-state index < -0.39 is 76.3 Å². The van der Waals surface area contributed by atoms with Crippen LogP contribution in [0.1, 0.15) is 36.9 Å². The zero-order valence-electron chi connectivity index (χ0n) is 26.7. The lowest BCUT2D eigenvalue weighted by molar-refractivity contribution is -0.141. The second-order valence-electron chi connectivity index (χ2n) is 13.1. The average molecular weight is 774 g/mol. The van der Waals surface area contributed by atoms with E-state index in [1.807, 2.05) is 6.08 Å². The number of alkyl halides is 3. The van der Waals surface area contributed by atoms with E-state index in [-0.39, 0.29) is 33.8 Å². The van der Waals surface area contributed by atoms with Gasteiger partial charge in [-0.2, -0.15) is 18.2 Å². The van der Waals surface area contributed by atoms with Crippen LogP contribution >= 0.6 is 27.5 Å². The average Bonchev–Trinajstić information content (AvgIpc) is 3.45. The Hall–Kier alpha value is -4.43. The number of methoxy groups -OCH3 is 1. The number of hydrazine groups is 1. The van der Waals surface area contributed by atoms with Crippen LogP contribution < -0.4 is 14.6 Å². The molecule has 2 saturated heterocycles. The van der Waals surface area contributed by atoms with E-state index in [2.05, 4.69) is 20.9 Å². The number of fused-ring (bicyclic) bond motifs is 4. The van der Waals surface area contributed by atoms with Crippen molar-refractivity contribution in [3.05, 3.63) is 87.0 Å². The fraction of sp³-hybridized carbons (Fsp3) is 0.343. The van der Waals surface area contributed by atoms with Gasteiger partial charge in [-0.15, -0.1) is 0 Å². The van der Waals surface area contributed by atoms with Crippen molar-refractivity contribution in [1.29, 1.82) is 0 Å². The first-order chi connectivity index (χ1) is 23.6. The molecule has 2 aliphatic heterocycles. The van der Waals surface area contributed by atoms with E-state index in [1.54, 1.807) is 49.4 Å². The number of para-hydroxylation sites is 1. The third kappa shape index (κ3) is 4.85. The van der Waals surface area contributed by atoms with Crippen molar-refractivity contribution in [1.82, 2.24) is 9.99 Å². The molecule has 1 N–H and O–H groups in total. The predicted molar refractivity (Wildman–Crippen MR) is 178 cm³/mol. The van der Waals surface area contributed by atoms with Gasteiger partial charge >= 0.3 is 6.18 Å². The van der Waals surface area contributed by atoms with Crippen LogP contribution in [0.4, 0.5) is 24.7 Å². The highest BCUT2D eigenvalue weighted by molar-refractivity contribution is 9.10. The molecule has 1 saturated carbocycles. The summed E-state index contributed by atoms with van der Waals surface area (Å²) in [4.78, 5) is 62.0. The van der Waals surface area contributed by atoms with Crippen LogP contribution in [0.5, 0.6) is 11.5 Å². The second kappa shape index (κ2) is 11.8. The van der Waals surface area contributed by atoms with Gasteiger partial charge in [-0.3, -0.25) is 24.2 Å². The summed E-state index contributed by atoms with van der Waals surface area (Å²) in [5, 5.41) is 12.2. The van der Waals surface area contributed by atoms with Crippen molar-refractivity contribution in [2.24, 2.45) is 29.1 Å². The van der Waals surface area contributed by atoms with E-state index in [4.69, 9.17) is 16.3 Å². The number of hydrogen-bond acceptors (Lipinski definition) is 8. The number of amides is 4. The van der Waals surface area contributed by atoms with Gasteiger partial charge in [-0.05, 0) is 83.6 Å². The normalized spacial score (nSPS) is 27.6. The lowest BCUT2D eigenvalue weighted by Gasteiger charge is -2.49. The zero-order valence-corrected chi connectivity index (χ0v) is 29.1. The summed E-state index contributed by atoms with van der Waals surface area (Å²) >= 11 is 9.63. The minimum Gasteiger partial charge on any atom is -0.503 e. The zero-order chi connectivity index (χ0) is 36.0. The number of aromatic nitrogens is 1. The van der Waals surface area contributed by atoms with Gasteiger partial charge in [-0.1, -0.05) is 41.4 Å². The molecule has 260 valence electrons. The largest absolute Gasteiger partial charge is 0.503 e. The van der Waals surface area contributed by atoms with E-state index in [1.165, 1.54) is 19.1 Å². The van der Waals surface area contributed by atoms with E-state index in [0.717, 1.165) is 16.1 Å². The van der Waals surface area contributed by atoms with Gasteiger partial charge in [0.25, 0.3) is 11.8 Å². The van der Waals surface area contributed by atoms with Gasteiger partial charge in [0.2, 0.25) is 11.8 Å². The molecule has 0 spiro atoms. The first kappa shape index (κ1) is 34.0. The maximum absolute atomic E-state index is 14.6. The van der Waals surface area contributed by atoms with Gasteiger partial charge in [0, 0.05) is 13.0 Å². The second-order valence-corrected chi connectivity index (χ2v) is 14.3. The Morgan fingerprint density at radius 1 is 1.04 bits per heavy atom. The number of carbonyl (C=O) groups excluding carboxylic acids is 4. The van der Waals surface area contributed by atoms with Gasteiger partial charge in [0.05, 0.1) is 45.5 Å². The maximum Gasteiger partial charge on any atom is 0.433 e. The van der Waals surface area contributed by atoms with Crippen LogP contribution in [0.3, 0.4) is 0 Å². The number of phenolic OH excluding ortho intramolecular Hbond substituents is 1. The molecular weight excluding hydrogens is 745 g/mol. The molecule has 10 nitrogen and oxygen atoms in total. The number of rotatable bonds is 5. The molecule has 4 aliphatic rings. The number of allylic oxidation sites excluding steroid dienone is 2. The molecule has 2 aliphatic carbocycles. The van der Waals surface area contributed by atoms with Crippen molar-refractivity contribution in [3.8, 4) is 11.5 Å². The van der Waals surface area contributed by atoms with Crippen molar-refractivity contribution < 1.29 is 42.2 Å². The number of hydrogen-bond donors (Lipinski definition) is 1. The van der Waals surface area contributed by atoms with Gasteiger partial charge in [-0.25, -0.2) is 9.88 Å². The summed E-state index contributed by atoms with van der Waals surface area (Å²) in [6.07, 6.45) is -2.82. The number of phenols is 1. The monoisotopic (exact) mass is 772 g/mol. The van der Waals surface area contributed by atoms with Gasteiger partial charge in [0.1, 0.15) is 5.69 Å². The Labute approximate surface area is 297 Å². The highest BCUT2D eigenvalue weighted by Gasteiger charge is 2.68. The number of imide groups is 2. The van der Waals surface area contributed by atoms with Crippen LogP contribution in [0, 0.1) is 29.1 Å². The van der Waals surface area contributed by atoms with Crippen LogP contribution in [-0.4, -0.2) is 52.9 Å². The Morgan fingerprint density at radius 2 is 1.74 bits per heavy atom. The fourth-order valence-electron chi connectivity index (χ4n) is 8.32. The Bertz CT molecular complexity index is 2010. The topological polar surface area (TPSA) is 120 Å². The molecular formula is C35H29BrClF3N4O6. The maximum atomic E-state index is 14.6. The summed E-state index contributed by atoms with van der Waals surface area (Å²) in [6, 6.07) is 13.5. The molecule has 3 heterocycles. The Kier molecular flexibility index (Phi) is 8.05. The minimum atomic E-state index is -4.80. The Balaban J connectivity index is 1.34. The van der Waals surface area contributed by atoms with Crippen molar-refractivity contribution in [2.45, 2.75) is 31.9 Å². The smallest absolute Gasteiger partial charge is 0.433 e. The number of nitrogens with zero attached hydrogens (tertiary/aromatic N) is 4. The molecule has 50 heavy (non-hydrogen) atoms. The molecule has 2 aromatic carbocycles. The van der Waals surface area contributed by atoms with Gasteiger partial charge < -0.3 is 9.84 Å².